The SMILES string of the molecule is COc1ccccc1CN(c1ccc(Cl)cc1)S(=O)(=O)c1ccccc1Cl. The van der Waals surface area contributed by atoms with Crippen LogP contribution in [0.2, 0.25) is 10.0 Å². The normalized spacial score (nSPS) is 11.2. The van der Waals surface area contributed by atoms with Gasteiger partial charge >= 0.3 is 0 Å². The number of methoxy groups -OCH3 is 1. The fraction of sp³-hybridized carbons (Fsp3) is 0.100. The number of hydrogen-bond acceptors (Lipinski definition) is 3. The zero-order chi connectivity index (χ0) is 19.4. The molecule has 0 aliphatic heterocycles. The molecule has 0 radical (unpaired) electrons. The largest absolute Gasteiger partial charge is 0.496 e. The quantitative estimate of drug-likeness (QED) is 0.535. The molecular formula is C20H17Cl2NO3S. The lowest BCUT2D eigenvalue weighted by Crippen LogP contribution is -2.31. The van der Waals surface area contributed by atoms with Gasteiger partial charge in [-0.15, -0.1) is 0 Å². The number of nitrogens with zero attached hydrogens (tertiary/aromatic N) is 1. The van der Waals surface area contributed by atoms with E-state index in [4.69, 9.17) is 27.9 Å². The molecule has 0 spiro atoms. The van der Waals surface area contributed by atoms with Gasteiger partial charge in [-0.2, -0.15) is 0 Å². The van der Waals surface area contributed by atoms with Gasteiger partial charge in [0.1, 0.15) is 10.6 Å². The minimum atomic E-state index is -3.92. The highest BCUT2D eigenvalue weighted by atomic mass is 35.5. The summed E-state index contributed by atoms with van der Waals surface area (Å²) in [5.41, 5.74) is 1.20. The van der Waals surface area contributed by atoms with Crippen LogP contribution < -0.4 is 9.04 Å². The van der Waals surface area contributed by atoms with Crippen molar-refractivity contribution in [2.24, 2.45) is 0 Å². The van der Waals surface area contributed by atoms with Crippen LogP contribution in [-0.2, 0) is 16.6 Å². The molecule has 7 heteroatoms. The Morgan fingerprint density at radius 2 is 1.52 bits per heavy atom. The van der Waals surface area contributed by atoms with Crippen molar-refractivity contribution in [2.75, 3.05) is 11.4 Å². The minimum absolute atomic E-state index is 0.0384. The van der Waals surface area contributed by atoms with Crippen LogP contribution in [0.15, 0.2) is 77.7 Å². The Labute approximate surface area is 169 Å². The van der Waals surface area contributed by atoms with Crippen molar-refractivity contribution >= 4 is 38.9 Å². The Morgan fingerprint density at radius 3 is 2.19 bits per heavy atom. The van der Waals surface area contributed by atoms with Crippen LogP contribution in [0.25, 0.3) is 0 Å². The number of hydrogen-bond donors (Lipinski definition) is 0. The van der Waals surface area contributed by atoms with E-state index in [1.165, 1.54) is 10.4 Å². The Hall–Kier alpha value is -2.21. The maximum atomic E-state index is 13.4. The van der Waals surface area contributed by atoms with Crippen LogP contribution in [0.4, 0.5) is 5.69 Å². The average Bonchev–Trinajstić information content (AvgIpc) is 2.67. The second kappa shape index (κ2) is 8.21. The second-order valence-corrected chi connectivity index (χ2v) is 8.40. The van der Waals surface area contributed by atoms with E-state index in [2.05, 4.69) is 0 Å². The van der Waals surface area contributed by atoms with Gasteiger partial charge in [-0.3, -0.25) is 4.31 Å². The maximum Gasteiger partial charge on any atom is 0.266 e. The zero-order valence-corrected chi connectivity index (χ0v) is 16.8. The van der Waals surface area contributed by atoms with Crippen LogP contribution in [0, 0.1) is 0 Å². The van der Waals surface area contributed by atoms with E-state index >= 15 is 0 Å². The summed E-state index contributed by atoms with van der Waals surface area (Å²) < 4.78 is 33.5. The molecule has 0 saturated heterocycles. The molecule has 0 N–H and O–H groups in total. The highest BCUT2D eigenvalue weighted by molar-refractivity contribution is 7.93. The summed E-state index contributed by atoms with van der Waals surface area (Å²) in [6.07, 6.45) is 0. The summed E-state index contributed by atoms with van der Waals surface area (Å²) in [5.74, 6) is 0.603. The van der Waals surface area contributed by atoms with Crippen LogP contribution in [0.1, 0.15) is 5.56 Å². The van der Waals surface area contributed by atoms with E-state index in [9.17, 15) is 8.42 Å². The third-order valence-electron chi connectivity index (χ3n) is 4.03. The summed E-state index contributed by atoms with van der Waals surface area (Å²) >= 11 is 12.1. The molecule has 4 nitrogen and oxygen atoms in total. The Kier molecular flexibility index (Phi) is 5.95. The number of ether oxygens (including phenoxy) is 1. The number of para-hydroxylation sites is 1. The third-order valence-corrected chi connectivity index (χ3v) is 6.55. The van der Waals surface area contributed by atoms with Crippen LogP contribution >= 0.6 is 23.2 Å². The minimum Gasteiger partial charge on any atom is -0.496 e. The molecule has 0 aliphatic rings. The number of sulfonamides is 1. The van der Waals surface area contributed by atoms with Crippen molar-refractivity contribution in [3.63, 3.8) is 0 Å². The molecule has 0 aromatic heterocycles. The summed E-state index contributed by atoms with van der Waals surface area (Å²) in [6.45, 7) is 0.0825. The maximum absolute atomic E-state index is 13.4. The monoisotopic (exact) mass is 421 g/mol. The van der Waals surface area contributed by atoms with E-state index in [0.29, 0.717) is 16.5 Å². The molecule has 0 saturated carbocycles. The first-order chi connectivity index (χ1) is 12.9. The number of halogens is 2. The molecule has 0 amide bonds. The van der Waals surface area contributed by atoms with Crippen molar-refractivity contribution in [3.05, 3.63) is 88.4 Å². The molecule has 27 heavy (non-hydrogen) atoms. The molecule has 0 heterocycles. The summed E-state index contributed by atoms with van der Waals surface area (Å²) in [6, 6.07) is 20.3. The first kappa shape index (κ1) is 19.5. The molecule has 3 rings (SSSR count). The predicted octanol–water partition coefficient (Wildman–Crippen LogP) is 5.40. The molecular weight excluding hydrogens is 405 g/mol. The van der Waals surface area contributed by atoms with E-state index in [0.717, 1.165) is 5.56 Å². The molecule has 0 atom stereocenters. The fourth-order valence-corrected chi connectivity index (χ4v) is 4.75. The van der Waals surface area contributed by atoms with Gasteiger partial charge in [-0.1, -0.05) is 53.5 Å². The molecule has 0 unspecified atom stereocenters. The number of benzene rings is 3. The Morgan fingerprint density at radius 1 is 0.889 bits per heavy atom. The first-order valence-corrected chi connectivity index (χ1v) is 10.3. The zero-order valence-electron chi connectivity index (χ0n) is 14.5. The van der Waals surface area contributed by atoms with E-state index < -0.39 is 10.0 Å². The first-order valence-electron chi connectivity index (χ1n) is 8.08. The van der Waals surface area contributed by atoms with Gasteiger partial charge in [-0.25, -0.2) is 8.42 Å². The number of rotatable bonds is 6. The fourth-order valence-electron chi connectivity index (χ4n) is 2.68. The molecule has 0 bridgehead atoms. The van der Waals surface area contributed by atoms with Crippen molar-refractivity contribution in [1.82, 2.24) is 0 Å². The lowest BCUT2D eigenvalue weighted by Gasteiger charge is -2.26. The van der Waals surface area contributed by atoms with Gasteiger partial charge in [-0.05, 0) is 42.5 Å². The van der Waals surface area contributed by atoms with Crippen molar-refractivity contribution in [2.45, 2.75) is 11.4 Å². The Bertz CT molecular complexity index is 1040. The standard InChI is InChI=1S/C20H17Cl2NO3S/c1-26-19-8-4-2-6-15(19)14-23(17-12-10-16(21)11-13-17)27(24,25)20-9-5-3-7-18(20)22/h2-13H,14H2,1H3. The summed E-state index contributed by atoms with van der Waals surface area (Å²) in [7, 11) is -2.37. The predicted molar refractivity (Wildman–Crippen MR) is 109 cm³/mol. The third kappa shape index (κ3) is 4.21. The highest BCUT2D eigenvalue weighted by Crippen LogP contribution is 2.32. The lowest BCUT2D eigenvalue weighted by atomic mass is 10.2. The molecule has 0 fully saturated rings. The smallest absolute Gasteiger partial charge is 0.266 e. The van der Waals surface area contributed by atoms with Crippen LogP contribution in [0.3, 0.4) is 0 Å². The second-order valence-electron chi connectivity index (χ2n) is 5.73. The Balaban J connectivity index is 2.13. The topological polar surface area (TPSA) is 46.6 Å². The van der Waals surface area contributed by atoms with Gasteiger partial charge in [0, 0.05) is 10.6 Å². The van der Waals surface area contributed by atoms with Crippen LogP contribution in [-0.4, -0.2) is 15.5 Å². The number of anilines is 1. The van der Waals surface area contributed by atoms with E-state index in [1.54, 1.807) is 55.6 Å². The van der Waals surface area contributed by atoms with Crippen molar-refractivity contribution in [3.8, 4) is 5.75 Å². The van der Waals surface area contributed by atoms with Gasteiger partial charge in [0.05, 0.1) is 24.4 Å². The van der Waals surface area contributed by atoms with Crippen molar-refractivity contribution < 1.29 is 13.2 Å². The highest BCUT2D eigenvalue weighted by Gasteiger charge is 2.28. The summed E-state index contributed by atoms with van der Waals surface area (Å²) in [4.78, 5) is 0.0384. The molecule has 140 valence electrons. The molecule has 0 aliphatic carbocycles. The average molecular weight is 422 g/mol. The van der Waals surface area contributed by atoms with Gasteiger partial charge in [0.2, 0.25) is 0 Å². The summed E-state index contributed by atoms with van der Waals surface area (Å²) in [5, 5.41) is 0.683. The van der Waals surface area contributed by atoms with Gasteiger partial charge < -0.3 is 4.74 Å². The molecule has 3 aromatic rings. The van der Waals surface area contributed by atoms with E-state index in [1.807, 2.05) is 18.2 Å². The lowest BCUT2D eigenvalue weighted by molar-refractivity contribution is 0.410. The van der Waals surface area contributed by atoms with Gasteiger partial charge in [0.15, 0.2) is 0 Å². The van der Waals surface area contributed by atoms with Crippen LogP contribution in [0.5, 0.6) is 5.75 Å². The van der Waals surface area contributed by atoms with Gasteiger partial charge in [0.25, 0.3) is 10.0 Å². The van der Waals surface area contributed by atoms with E-state index in [-0.39, 0.29) is 16.5 Å². The molecule has 3 aromatic carbocycles. The van der Waals surface area contributed by atoms with Crippen molar-refractivity contribution in [1.29, 1.82) is 0 Å².